The Morgan fingerprint density at radius 1 is 0.234 bits per heavy atom. The molecule has 0 amide bonds. The summed E-state index contributed by atoms with van der Waals surface area (Å²) in [5.41, 5.74) is 23.5. The van der Waals surface area contributed by atoms with Crippen LogP contribution in [0.1, 0.15) is 44.5 Å². The van der Waals surface area contributed by atoms with Crippen LogP contribution in [0.5, 0.6) is 23.0 Å². The van der Waals surface area contributed by atoms with Crippen LogP contribution in [0.3, 0.4) is 0 Å². The molecule has 0 fully saturated rings. The molecule has 12 aromatic rings. The summed E-state index contributed by atoms with van der Waals surface area (Å²) in [7, 11) is 0. The number of rotatable bonds is 6. The van der Waals surface area contributed by atoms with Gasteiger partial charge in [-0.15, -0.1) is 0 Å². The van der Waals surface area contributed by atoms with Gasteiger partial charge in [0.25, 0.3) is 0 Å². The van der Waals surface area contributed by atoms with Gasteiger partial charge in [-0.3, -0.25) is 0 Å². The molecule has 12 aromatic carbocycles. The lowest BCUT2D eigenvalue weighted by molar-refractivity contribution is 0.436. The van der Waals surface area contributed by atoms with Gasteiger partial charge in [0, 0.05) is 39.1 Å². The molecule has 3 heteroatoms. The van der Waals surface area contributed by atoms with E-state index in [4.69, 9.17) is 9.47 Å². The molecular weight excluding hydrogens is 935 g/mol. The largest absolute Gasteiger partial charge is 0.457 e. The van der Waals surface area contributed by atoms with Crippen LogP contribution in [0.4, 0.5) is 17.1 Å². The summed E-state index contributed by atoms with van der Waals surface area (Å²) in [4.78, 5) is 2.50. The first-order valence-corrected chi connectivity index (χ1v) is 26.6. The number of hydrogen-bond acceptors (Lipinski definition) is 3. The minimum Gasteiger partial charge on any atom is -0.457 e. The molecule has 0 radical (unpaired) electrons. The van der Waals surface area contributed by atoms with Gasteiger partial charge in [0.2, 0.25) is 0 Å². The van der Waals surface area contributed by atoms with Crippen molar-refractivity contribution in [3.63, 3.8) is 0 Å². The standard InChI is InChI=1S/C74H47NO2/c1-2-22-48(23-3-1)49-24-20-25-51(46-49)75(66-38-14-6-26-52(66)50-44-45-60-57(47-50)53-27-4-8-31-58(53)73(60)61-33-10-16-40-68(61)76-69-41-17-11-34-62(69)73)67-39-15-7-28-54(67)55-30-21-37-65-72(55)56-29-5-9-32-59(56)74(65)63-35-12-18-42-70(63)77-71-43-19-13-36-64(71)74/h1-47H. The van der Waals surface area contributed by atoms with Crippen LogP contribution in [0.15, 0.2) is 285 Å². The molecule has 2 aliphatic heterocycles. The molecule has 3 nitrogen and oxygen atoms in total. The van der Waals surface area contributed by atoms with Gasteiger partial charge in [-0.25, -0.2) is 0 Å². The van der Waals surface area contributed by atoms with Crippen molar-refractivity contribution in [2.75, 3.05) is 4.90 Å². The lowest BCUT2D eigenvalue weighted by atomic mass is 9.66. The number of anilines is 3. The lowest BCUT2D eigenvalue weighted by Gasteiger charge is -2.39. The number of benzene rings is 12. The second-order valence-electron chi connectivity index (χ2n) is 20.6. The Morgan fingerprint density at radius 2 is 0.649 bits per heavy atom. The first kappa shape index (κ1) is 43.4. The fraction of sp³-hybridized carbons (Fsp3) is 0.0270. The highest BCUT2D eigenvalue weighted by atomic mass is 16.5. The van der Waals surface area contributed by atoms with Crippen molar-refractivity contribution >= 4 is 17.1 Å². The van der Waals surface area contributed by atoms with E-state index >= 15 is 0 Å². The van der Waals surface area contributed by atoms with Crippen molar-refractivity contribution in [3.8, 4) is 78.6 Å². The minimum atomic E-state index is -0.599. The number of hydrogen-bond donors (Lipinski definition) is 0. The Kier molecular flexibility index (Phi) is 9.47. The van der Waals surface area contributed by atoms with Gasteiger partial charge in [0.1, 0.15) is 23.0 Å². The molecule has 360 valence electrons. The van der Waals surface area contributed by atoms with Crippen LogP contribution in [-0.2, 0) is 10.8 Å². The van der Waals surface area contributed by atoms with E-state index in [2.05, 4.69) is 290 Å². The quantitative estimate of drug-likeness (QED) is 0.166. The van der Waals surface area contributed by atoms with Gasteiger partial charge in [0.15, 0.2) is 0 Å². The number of para-hydroxylation sites is 6. The first-order chi connectivity index (χ1) is 38.2. The predicted molar refractivity (Wildman–Crippen MR) is 312 cm³/mol. The molecule has 0 saturated carbocycles. The van der Waals surface area contributed by atoms with Crippen molar-refractivity contribution in [3.05, 3.63) is 330 Å². The molecular formula is C74H47NO2. The van der Waals surface area contributed by atoms with Crippen LogP contribution in [0.25, 0.3) is 55.6 Å². The van der Waals surface area contributed by atoms with Crippen LogP contribution in [0, 0.1) is 0 Å². The normalized spacial score (nSPS) is 13.9. The van der Waals surface area contributed by atoms with E-state index in [9.17, 15) is 0 Å². The summed E-state index contributed by atoms with van der Waals surface area (Å²) >= 11 is 0. The van der Waals surface area contributed by atoms with Gasteiger partial charge in [-0.1, -0.05) is 231 Å². The first-order valence-electron chi connectivity index (χ1n) is 26.6. The molecule has 16 rings (SSSR count). The van der Waals surface area contributed by atoms with Crippen molar-refractivity contribution in [1.29, 1.82) is 0 Å². The lowest BCUT2D eigenvalue weighted by Crippen LogP contribution is -2.32. The van der Waals surface area contributed by atoms with Gasteiger partial charge < -0.3 is 14.4 Å². The second kappa shape index (κ2) is 16.8. The summed E-state index contributed by atoms with van der Waals surface area (Å²) < 4.78 is 13.4. The molecule has 0 unspecified atom stereocenters. The van der Waals surface area contributed by atoms with Gasteiger partial charge >= 0.3 is 0 Å². The third-order valence-electron chi connectivity index (χ3n) is 16.8. The summed E-state index contributed by atoms with van der Waals surface area (Å²) in [5, 5.41) is 0. The minimum absolute atomic E-state index is 0.555. The predicted octanol–water partition coefficient (Wildman–Crippen LogP) is 19.1. The van der Waals surface area contributed by atoms with E-state index in [0.717, 1.165) is 90.1 Å². The van der Waals surface area contributed by atoms with Crippen LogP contribution >= 0.6 is 0 Å². The Bertz CT molecular complexity index is 4290. The van der Waals surface area contributed by atoms with Crippen LogP contribution in [0.2, 0.25) is 0 Å². The molecule has 0 saturated heterocycles. The maximum Gasteiger partial charge on any atom is 0.132 e. The van der Waals surface area contributed by atoms with Crippen molar-refractivity contribution < 1.29 is 9.47 Å². The molecule has 0 N–H and O–H groups in total. The molecule has 0 aromatic heterocycles. The molecule has 2 spiro atoms. The highest BCUT2D eigenvalue weighted by molar-refractivity contribution is 6.02. The van der Waals surface area contributed by atoms with Gasteiger partial charge in [-0.05, 0) is 121 Å². The Balaban J connectivity index is 0.930. The summed E-state index contributed by atoms with van der Waals surface area (Å²) in [6.07, 6.45) is 0. The zero-order valence-electron chi connectivity index (χ0n) is 41.9. The van der Waals surface area contributed by atoms with E-state index in [1.54, 1.807) is 0 Å². The number of nitrogens with zero attached hydrogens (tertiary/aromatic N) is 1. The third kappa shape index (κ3) is 6.08. The molecule has 2 aliphatic carbocycles. The van der Waals surface area contributed by atoms with E-state index in [-0.39, 0.29) is 0 Å². The van der Waals surface area contributed by atoms with Crippen LogP contribution < -0.4 is 14.4 Å². The average molecular weight is 982 g/mol. The molecule has 4 aliphatic rings. The molecule has 0 atom stereocenters. The summed E-state index contributed by atoms with van der Waals surface area (Å²) in [6, 6.07) is 104. The third-order valence-corrected chi connectivity index (χ3v) is 16.8. The van der Waals surface area contributed by atoms with E-state index in [1.807, 2.05) is 0 Å². The van der Waals surface area contributed by atoms with Crippen molar-refractivity contribution in [2.45, 2.75) is 10.8 Å². The van der Waals surface area contributed by atoms with E-state index in [0.29, 0.717) is 0 Å². The highest BCUT2D eigenvalue weighted by Crippen LogP contribution is 2.65. The van der Waals surface area contributed by atoms with Crippen molar-refractivity contribution in [2.24, 2.45) is 0 Å². The second-order valence-corrected chi connectivity index (χ2v) is 20.6. The highest BCUT2D eigenvalue weighted by Gasteiger charge is 2.53. The van der Waals surface area contributed by atoms with Gasteiger partial charge in [-0.2, -0.15) is 0 Å². The SMILES string of the molecule is c1ccc(-c2cccc(N(c3ccccc3-c3ccc4c(c3)-c3ccccc3C43c4ccccc4Oc4ccccc43)c3ccccc3-c3cccc4c3-c3ccccc3C43c4ccccc4Oc4ccccc43)c2)cc1. The fourth-order valence-electron chi connectivity index (χ4n) is 13.8. The molecule has 77 heavy (non-hydrogen) atoms. The van der Waals surface area contributed by atoms with E-state index in [1.165, 1.54) is 50.1 Å². The Hall–Kier alpha value is -9.96. The van der Waals surface area contributed by atoms with E-state index < -0.39 is 10.8 Å². The van der Waals surface area contributed by atoms with Crippen molar-refractivity contribution in [1.82, 2.24) is 0 Å². The topological polar surface area (TPSA) is 21.7 Å². The Morgan fingerprint density at radius 3 is 1.27 bits per heavy atom. The summed E-state index contributed by atoms with van der Waals surface area (Å²) in [5.74, 6) is 3.54. The Labute approximate surface area is 448 Å². The number of fused-ring (bicyclic) bond motifs is 18. The number of ether oxygens (including phenoxy) is 2. The monoisotopic (exact) mass is 981 g/mol. The zero-order chi connectivity index (χ0) is 50.7. The molecule has 0 bridgehead atoms. The average Bonchev–Trinajstić information content (AvgIpc) is 4.17. The maximum absolute atomic E-state index is 6.73. The maximum atomic E-state index is 6.73. The van der Waals surface area contributed by atoms with Crippen LogP contribution in [-0.4, -0.2) is 0 Å². The smallest absolute Gasteiger partial charge is 0.132 e. The fourth-order valence-corrected chi connectivity index (χ4v) is 13.8. The summed E-state index contributed by atoms with van der Waals surface area (Å²) in [6.45, 7) is 0. The van der Waals surface area contributed by atoms with Gasteiger partial charge in [0.05, 0.1) is 22.2 Å². The molecule has 2 heterocycles. The zero-order valence-corrected chi connectivity index (χ0v) is 41.9.